The smallest absolute Gasteiger partial charge is 0.230 e. The average molecular weight is 308 g/mol. The van der Waals surface area contributed by atoms with Gasteiger partial charge in [-0.05, 0) is 31.2 Å². The van der Waals surface area contributed by atoms with Crippen LogP contribution in [0.4, 0.5) is 5.69 Å². The van der Waals surface area contributed by atoms with Gasteiger partial charge in [-0.15, -0.1) is 0 Å². The third-order valence-corrected chi connectivity index (χ3v) is 3.15. The zero-order chi connectivity index (χ0) is 16.1. The van der Waals surface area contributed by atoms with Crippen LogP contribution in [0.5, 0.6) is 11.5 Å². The minimum absolute atomic E-state index is 0.150. The van der Waals surface area contributed by atoms with Crippen LogP contribution in [0.2, 0.25) is 0 Å². The Morgan fingerprint density at radius 3 is 2.61 bits per heavy atom. The van der Waals surface area contributed by atoms with Gasteiger partial charge >= 0.3 is 0 Å². The van der Waals surface area contributed by atoms with Gasteiger partial charge in [0.15, 0.2) is 5.75 Å². The van der Waals surface area contributed by atoms with Crippen molar-refractivity contribution in [3.8, 4) is 11.5 Å². The Labute approximate surface area is 133 Å². The SMILES string of the molecule is Cc1cc(CC(=O)Nc2ccccc2Oc2ccccc2)no1. The molecule has 23 heavy (non-hydrogen) atoms. The lowest BCUT2D eigenvalue weighted by Crippen LogP contribution is -2.15. The molecule has 0 aliphatic carbocycles. The summed E-state index contributed by atoms with van der Waals surface area (Å²) in [5.74, 6) is 1.80. The van der Waals surface area contributed by atoms with Crippen LogP contribution in [0.3, 0.4) is 0 Å². The van der Waals surface area contributed by atoms with Gasteiger partial charge in [0.25, 0.3) is 0 Å². The predicted octanol–water partition coefficient (Wildman–Crippen LogP) is 3.96. The van der Waals surface area contributed by atoms with Crippen LogP contribution in [0.1, 0.15) is 11.5 Å². The van der Waals surface area contributed by atoms with Crippen LogP contribution in [0.25, 0.3) is 0 Å². The molecule has 0 unspecified atom stereocenters. The number of nitrogens with zero attached hydrogens (tertiary/aromatic N) is 1. The van der Waals surface area contributed by atoms with Crippen LogP contribution in [-0.4, -0.2) is 11.1 Å². The molecule has 0 aliphatic heterocycles. The average Bonchev–Trinajstić information content (AvgIpc) is 2.95. The Morgan fingerprint density at radius 2 is 1.87 bits per heavy atom. The summed E-state index contributed by atoms with van der Waals surface area (Å²) in [7, 11) is 0. The minimum atomic E-state index is -0.178. The first kappa shape index (κ1) is 14.8. The van der Waals surface area contributed by atoms with Gasteiger partial charge in [0, 0.05) is 6.07 Å². The molecule has 5 heteroatoms. The number of amides is 1. The lowest BCUT2D eigenvalue weighted by molar-refractivity contribution is -0.115. The summed E-state index contributed by atoms with van der Waals surface area (Å²) in [6, 6.07) is 18.5. The maximum atomic E-state index is 12.1. The molecule has 1 aromatic heterocycles. The van der Waals surface area contributed by atoms with Gasteiger partial charge in [0.05, 0.1) is 17.8 Å². The minimum Gasteiger partial charge on any atom is -0.455 e. The van der Waals surface area contributed by atoms with Gasteiger partial charge < -0.3 is 14.6 Å². The number of ether oxygens (including phenoxy) is 1. The normalized spacial score (nSPS) is 10.3. The third-order valence-electron chi connectivity index (χ3n) is 3.15. The Bertz CT molecular complexity index is 797. The van der Waals surface area contributed by atoms with Gasteiger partial charge in [-0.25, -0.2) is 0 Å². The molecule has 3 rings (SSSR count). The fraction of sp³-hybridized carbons (Fsp3) is 0.111. The molecule has 0 saturated carbocycles. The second-order valence-corrected chi connectivity index (χ2v) is 5.07. The number of nitrogens with one attached hydrogen (secondary N) is 1. The number of hydrogen-bond donors (Lipinski definition) is 1. The van der Waals surface area contributed by atoms with Crippen molar-refractivity contribution in [2.75, 3.05) is 5.32 Å². The number of aromatic nitrogens is 1. The van der Waals surface area contributed by atoms with E-state index in [-0.39, 0.29) is 12.3 Å². The summed E-state index contributed by atoms with van der Waals surface area (Å²) in [5.41, 5.74) is 1.21. The molecule has 0 bridgehead atoms. The lowest BCUT2D eigenvalue weighted by atomic mass is 10.2. The summed E-state index contributed by atoms with van der Waals surface area (Å²) in [4.78, 5) is 12.1. The number of benzene rings is 2. The van der Waals surface area contributed by atoms with Crippen LogP contribution in [0.15, 0.2) is 65.2 Å². The molecular weight excluding hydrogens is 292 g/mol. The maximum Gasteiger partial charge on any atom is 0.230 e. The van der Waals surface area contributed by atoms with Crippen LogP contribution in [-0.2, 0) is 11.2 Å². The van der Waals surface area contributed by atoms with E-state index in [2.05, 4.69) is 10.5 Å². The molecule has 0 saturated heterocycles. The van der Waals surface area contributed by atoms with Gasteiger partial charge in [0.2, 0.25) is 5.91 Å². The molecule has 1 N–H and O–H groups in total. The zero-order valence-electron chi connectivity index (χ0n) is 12.7. The van der Waals surface area contributed by atoms with E-state index in [0.717, 1.165) is 0 Å². The molecule has 1 heterocycles. The summed E-state index contributed by atoms with van der Waals surface area (Å²) < 4.78 is 10.8. The Kier molecular flexibility index (Phi) is 4.38. The molecule has 0 radical (unpaired) electrons. The quantitative estimate of drug-likeness (QED) is 0.775. The van der Waals surface area contributed by atoms with E-state index in [1.54, 1.807) is 19.1 Å². The first-order chi connectivity index (χ1) is 11.2. The van der Waals surface area contributed by atoms with Crippen molar-refractivity contribution in [1.29, 1.82) is 0 Å². The monoisotopic (exact) mass is 308 g/mol. The van der Waals surface area contributed by atoms with E-state index in [4.69, 9.17) is 9.26 Å². The fourth-order valence-electron chi connectivity index (χ4n) is 2.13. The standard InChI is InChI=1S/C18H16N2O3/c1-13-11-14(20-23-13)12-18(21)19-16-9-5-6-10-17(16)22-15-7-3-2-4-8-15/h2-11H,12H2,1H3,(H,19,21). The number of anilines is 1. The molecule has 116 valence electrons. The highest BCUT2D eigenvalue weighted by Gasteiger charge is 2.11. The maximum absolute atomic E-state index is 12.1. The van der Waals surface area contributed by atoms with E-state index in [1.807, 2.05) is 48.5 Å². The number of hydrogen-bond acceptors (Lipinski definition) is 4. The summed E-state index contributed by atoms with van der Waals surface area (Å²) in [6.07, 6.45) is 0.150. The molecule has 0 aliphatic rings. The summed E-state index contributed by atoms with van der Waals surface area (Å²) in [6.45, 7) is 1.79. The molecule has 0 spiro atoms. The van der Waals surface area contributed by atoms with Gasteiger partial charge in [-0.3, -0.25) is 4.79 Å². The van der Waals surface area contributed by atoms with Crippen LogP contribution < -0.4 is 10.1 Å². The van der Waals surface area contributed by atoms with Crippen molar-refractivity contribution in [2.45, 2.75) is 13.3 Å². The predicted molar refractivity (Wildman–Crippen MR) is 86.5 cm³/mol. The van der Waals surface area contributed by atoms with Crippen molar-refractivity contribution in [3.05, 3.63) is 72.1 Å². The van der Waals surface area contributed by atoms with E-state index in [0.29, 0.717) is 28.6 Å². The number of aryl methyl sites for hydroxylation is 1. The van der Waals surface area contributed by atoms with Crippen molar-refractivity contribution >= 4 is 11.6 Å². The summed E-state index contributed by atoms with van der Waals surface area (Å²) in [5, 5.41) is 6.66. The Morgan fingerprint density at radius 1 is 1.13 bits per heavy atom. The van der Waals surface area contributed by atoms with Crippen molar-refractivity contribution < 1.29 is 14.1 Å². The molecule has 5 nitrogen and oxygen atoms in total. The van der Waals surface area contributed by atoms with Crippen LogP contribution >= 0.6 is 0 Å². The Balaban J connectivity index is 1.71. The highest BCUT2D eigenvalue weighted by Crippen LogP contribution is 2.29. The van der Waals surface area contributed by atoms with Crippen LogP contribution in [0, 0.1) is 6.92 Å². The van der Waals surface area contributed by atoms with Gasteiger partial charge in [0.1, 0.15) is 11.5 Å². The van der Waals surface area contributed by atoms with Crippen molar-refractivity contribution in [1.82, 2.24) is 5.16 Å². The number of rotatable bonds is 5. The second kappa shape index (κ2) is 6.79. The first-order valence-corrected chi connectivity index (χ1v) is 7.25. The molecular formula is C18H16N2O3. The van der Waals surface area contributed by atoms with E-state index < -0.39 is 0 Å². The first-order valence-electron chi connectivity index (χ1n) is 7.25. The molecule has 1 amide bonds. The highest BCUT2D eigenvalue weighted by atomic mass is 16.5. The zero-order valence-corrected chi connectivity index (χ0v) is 12.7. The van der Waals surface area contributed by atoms with E-state index >= 15 is 0 Å². The van der Waals surface area contributed by atoms with E-state index in [1.165, 1.54) is 0 Å². The molecule has 0 fully saturated rings. The molecule has 0 atom stereocenters. The van der Waals surface area contributed by atoms with Gasteiger partial charge in [-0.1, -0.05) is 35.5 Å². The molecule has 2 aromatic carbocycles. The lowest BCUT2D eigenvalue weighted by Gasteiger charge is -2.11. The highest BCUT2D eigenvalue weighted by molar-refractivity contribution is 5.93. The number of carbonyl (C=O) groups is 1. The Hall–Kier alpha value is -3.08. The molecule has 3 aromatic rings. The third kappa shape index (κ3) is 3.97. The number of carbonyl (C=O) groups excluding carboxylic acids is 1. The second-order valence-electron chi connectivity index (χ2n) is 5.07. The fourth-order valence-corrected chi connectivity index (χ4v) is 2.13. The number of para-hydroxylation sites is 3. The van der Waals surface area contributed by atoms with Gasteiger partial charge in [-0.2, -0.15) is 0 Å². The topological polar surface area (TPSA) is 64.4 Å². The largest absolute Gasteiger partial charge is 0.455 e. The van der Waals surface area contributed by atoms with Crippen molar-refractivity contribution in [2.24, 2.45) is 0 Å². The van der Waals surface area contributed by atoms with Crippen molar-refractivity contribution in [3.63, 3.8) is 0 Å². The summed E-state index contributed by atoms with van der Waals surface area (Å²) >= 11 is 0. The van der Waals surface area contributed by atoms with E-state index in [9.17, 15) is 4.79 Å².